The number of rotatable bonds is 4. The lowest BCUT2D eigenvalue weighted by atomic mass is 9.87. The molecule has 1 aliphatic carbocycles. The highest BCUT2D eigenvalue weighted by Gasteiger charge is 2.17. The fourth-order valence-electron chi connectivity index (χ4n) is 2.69. The summed E-state index contributed by atoms with van der Waals surface area (Å²) in [6.45, 7) is 0.494. The number of benzene rings is 1. The predicted molar refractivity (Wildman–Crippen MR) is 79.2 cm³/mol. The molecule has 0 aromatic heterocycles. The van der Waals surface area contributed by atoms with Crippen LogP contribution in [0.4, 0.5) is 10.1 Å². The van der Waals surface area contributed by atoms with Gasteiger partial charge >= 0.3 is 11.8 Å². The van der Waals surface area contributed by atoms with Crippen molar-refractivity contribution in [3.63, 3.8) is 0 Å². The number of carbonyl (C=O) groups excluding carboxylic acids is 2. The number of hydrogen-bond donors (Lipinski definition) is 2. The Labute approximate surface area is 124 Å². The molecule has 4 nitrogen and oxygen atoms in total. The van der Waals surface area contributed by atoms with E-state index in [9.17, 15) is 14.0 Å². The van der Waals surface area contributed by atoms with Crippen LogP contribution < -0.4 is 10.6 Å². The van der Waals surface area contributed by atoms with Gasteiger partial charge in [0.2, 0.25) is 0 Å². The molecule has 0 radical (unpaired) electrons. The van der Waals surface area contributed by atoms with Crippen LogP contribution in [0.2, 0.25) is 0 Å². The van der Waals surface area contributed by atoms with E-state index in [1.54, 1.807) is 6.07 Å². The summed E-state index contributed by atoms with van der Waals surface area (Å²) in [4.78, 5) is 23.3. The van der Waals surface area contributed by atoms with Crippen molar-refractivity contribution in [3.05, 3.63) is 30.1 Å². The molecular weight excluding hydrogens is 271 g/mol. The van der Waals surface area contributed by atoms with Crippen LogP contribution in [-0.4, -0.2) is 18.4 Å². The lowest BCUT2D eigenvalue weighted by molar-refractivity contribution is -0.136. The summed E-state index contributed by atoms with van der Waals surface area (Å²) in [5, 5.41) is 4.87. The first-order chi connectivity index (χ1) is 10.2. The Balaban J connectivity index is 1.72. The maximum atomic E-state index is 13.4. The average molecular weight is 292 g/mol. The summed E-state index contributed by atoms with van der Waals surface area (Å²) in [7, 11) is 0. The normalized spacial score (nSPS) is 15.5. The van der Waals surface area contributed by atoms with Gasteiger partial charge in [0, 0.05) is 6.54 Å². The second-order valence-electron chi connectivity index (χ2n) is 5.48. The van der Waals surface area contributed by atoms with Crippen LogP contribution in [-0.2, 0) is 9.59 Å². The number of nitrogens with one attached hydrogen (secondary N) is 2. The molecule has 0 bridgehead atoms. The average Bonchev–Trinajstić information content (AvgIpc) is 2.50. The fourth-order valence-corrected chi connectivity index (χ4v) is 2.69. The van der Waals surface area contributed by atoms with Gasteiger partial charge in [0.05, 0.1) is 5.69 Å². The van der Waals surface area contributed by atoms with Gasteiger partial charge in [-0.2, -0.15) is 0 Å². The Hall–Kier alpha value is -1.91. The molecule has 0 unspecified atom stereocenters. The SMILES string of the molecule is O=C(NCCC1CCCCC1)C(=O)Nc1ccccc1F. The molecule has 1 aromatic carbocycles. The van der Waals surface area contributed by atoms with E-state index < -0.39 is 17.6 Å². The number of anilines is 1. The van der Waals surface area contributed by atoms with Gasteiger partial charge in [-0.15, -0.1) is 0 Å². The van der Waals surface area contributed by atoms with Gasteiger partial charge in [-0.1, -0.05) is 44.2 Å². The summed E-state index contributed by atoms with van der Waals surface area (Å²) < 4.78 is 13.4. The molecule has 0 aliphatic heterocycles. The number of hydrogen-bond acceptors (Lipinski definition) is 2. The van der Waals surface area contributed by atoms with E-state index in [1.807, 2.05) is 0 Å². The van der Waals surface area contributed by atoms with E-state index in [0.29, 0.717) is 12.5 Å². The highest BCUT2D eigenvalue weighted by Crippen LogP contribution is 2.25. The lowest BCUT2D eigenvalue weighted by Gasteiger charge is -2.21. The van der Waals surface area contributed by atoms with Crippen molar-refractivity contribution in [1.29, 1.82) is 0 Å². The third-order valence-corrected chi connectivity index (χ3v) is 3.89. The molecule has 1 aliphatic rings. The van der Waals surface area contributed by atoms with Crippen molar-refractivity contribution >= 4 is 17.5 Å². The minimum atomic E-state index is -0.830. The van der Waals surface area contributed by atoms with E-state index in [4.69, 9.17) is 0 Å². The summed E-state index contributed by atoms with van der Waals surface area (Å²) in [5.41, 5.74) is 0.0185. The molecule has 0 heterocycles. The van der Waals surface area contributed by atoms with Crippen LogP contribution in [0.5, 0.6) is 0 Å². The summed E-state index contributed by atoms with van der Waals surface area (Å²) in [5.74, 6) is -1.45. The second-order valence-corrected chi connectivity index (χ2v) is 5.48. The second kappa shape index (κ2) is 7.76. The van der Waals surface area contributed by atoms with Crippen molar-refractivity contribution in [2.75, 3.05) is 11.9 Å². The van der Waals surface area contributed by atoms with Crippen LogP contribution in [0.15, 0.2) is 24.3 Å². The van der Waals surface area contributed by atoms with Crippen LogP contribution in [0.3, 0.4) is 0 Å². The summed E-state index contributed by atoms with van der Waals surface area (Å²) in [6.07, 6.45) is 7.12. The van der Waals surface area contributed by atoms with Gasteiger partial charge in [0.15, 0.2) is 0 Å². The molecule has 5 heteroatoms. The first kappa shape index (κ1) is 15.5. The lowest BCUT2D eigenvalue weighted by Crippen LogP contribution is -2.36. The van der Waals surface area contributed by atoms with Crippen molar-refractivity contribution in [3.8, 4) is 0 Å². The van der Waals surface area contributed by atoms with Crippen molar-refractivity contribution in [1.82, 2.24) is 5.32 Å². The van der Waals surface area contributed by atoms with Crippen LogP contribution >= 0.6 is 0 Å². The molecule has 2 N–H and O–H groups in total. The maximum absolute atomic E-state index is 13.4. The Morgan fingerprint density at radius 2 is 1.81 bits per heavy atom. The fraction of sp³-hybridized carbons (Fsp3) is 0.500. The van der Waals surface area contributed by atoms with Crippen LogP contribution in [0.25, 0.3) is 0 Å². The third kappa shape index (κ3) is 4.85. The Morgan fingerprint density at radius 3 is 2.52 bits per heavy atom. The largest absolute Gasteiger partial charge is 0.348 e. The van der Waals surface area contributed by atoms with Crippen molar-refractivity contribution in [2.45, 2.75) is 38.5 Å². The van der Waals surface area contributed by atoms with Crippen molar-refractivity contribution < 1.29 is 14.0 Å². The Bertz CT molecular complexity index is 499. The molecule has 0 atom stereocenters. The quantitative estimate of drug-likeness (QED) is 0.838. The molecule has 2 amide bonds. The standard InChI is InChI=1S/C16H21FN2O2/c17-13-8-4-5-9-14(13)19-16(21)15(20)18-11-10-12-6-2-1-3-7-12/h4-5,8-9,12H,1-3,6-7,10-11H2,(H,18,20)(H,19,21). The number of halogens is 1. The predicted octanol–water partition coefficient (Wildman–Crippen LogP) is 2.85. The zero-order valence-corrected chi connectivity index (χ0v) is 12.0. The number of carbonyl (C=O) groups is 2. The van der Waals surface area contributed by atoms with Gasteiger partial charge in [-0.05, 0) is 24.5 Å². The molecule has 114 valence electrons. The molecule has 0 spiro atoms. The van der Waals surface area contributed by atoms with Crippen molar-refractivity contribution in [2.24, 2.45) is 5.92 Å². The number of para-hydroxylation sites is 1. The molecule has 0 saturated heterocycles. The number of amides is 2. The highest BCUT2D eigenvalue weighted by atomic mass is 19.1. The van der Waals surface area contributed by atoms with Crippen LogP contribution in [0.1, 0.15) is 38.5 Å². The molecule has 1 fully saturated rings. The first-order valence-electron chi connectivity index (χ1n) is 7.50. The monoisotopic (exact) mass is 292 g/mol. The van der Waals surface area contributed by atoms with E-state index >= 15 is 0 Å². The summed E-state index contributed by atoms with van der Waals surface area (Å²) >= 11 is 0. The highest BCUT2D eigenvalue weighted by molar-refractivity contribution is 6.39. The summed E-state index contributed by atoms with van der Waals surface area (Å²) in [6, 6.07) is 5.77. The van der Waals surface area contributed by atoms with E-state index in [-0.39, 0.29) is 5.69 Å². The Kier molecular flexibility index (Phi) is 5.72. The van der Waals surface area contributed by atoms with Gasteiger partial charge in [0.1, 0.15) is 5.82 Å². The zero-order valence-electron chi connectivity index (χ0n) is 12.0. The molecule has 21 heavy (non-hydrogen) atoms. The Morgan fingerprint density at radius 1 is 1.10 bits per heavy atom. The van der Waals surface area contributed by atoms with Gasteiger partial charge in [-0.3, -0.25) is 9.59 Å². The topological polar surface area (TPSA) is 58.2 Å². The molecular formula is C16H21FN2O2. The van der Waals surface area contributed by atoms with Crippen LogP contribution in [0, 0.1) is 11.7 Å². The minimum Gasteiger partial charge on any atom is -0.348 e. The third-order valence-electron chi connectivity index (χ3n) is 3.89. The first-order valence-corrected chi connectivity index (χ1v) is 7.50. The molecule has 1 saturated carbocycles. The van der Waals surface area contributed by atoms with Gasteiger partial charge in [-0.25, -0.2) is 4.39 Å². The molecule has 1 aromatic rings. The maximum Gasteiger partial charge on any atom is 0.313 e. The van der Waals surface area contributed by atoms with E-state index in [0.717, 1.165) is 6.42 Å². The minimum absolute atomic E-state index is 0.0185. The smallest absolute Gasteiger partial charge is 0.313 e. The molecule has 2 rings (SSSR count). The van der Waals surface area contributed by atoms with Gasteiger partial charge in [0.25, 0.3) is 0 Å². The zero-order chi connectivity index (χ0) is 15.1. The van der Waals surface area contributed by atoms with Gasteiger partial charge < -0.3 is 10.6 Å². The van der Waals surface area contributed by atoms with E-state index in [1.165, 1.54) is 50.3 Å². The van der Waals surface area contributed by atoms with E-state index in [2.05, 4.69) is 10.6 Å².